The Morgan fingerprint density at radius 1 is 1.00 bits per heavy atom. The van der Waals surface area contributed by atoms with Gasteiger partial charge in [0.1, 0.15) is 0 Å². The molecule has 0 saturated heterocycles. The van der Waals surface area contributed by atoms with Gasteiger partial charge < -0.3 is 11.1 Å². The Morgan fingerprint density at radius 2 is 1.55 bits per heavy atom. The maximum absolute atomic E-state index is 12.6. The molecule has 4 heteroatoms. The molecule has 1 aliphatic carbocycles. The minimum absolute atomic E-state index is 0.161. The summed E-state index contributed by atoms with van der Waals surface area (Å²) in [6, 6.07) is 8.65. The van der Waals surface area contributed by atoms with Crippen molar-refractivity contribution in [1.29, 1.82) is 0 Å². The minimum atomic E-state index is -0.187. The van der Waals surface area contributed by atoms with Crippen LogP contribution in [0.5, 0.6) is 0 Å². The van der Waals surface area contributed by atoms with Gasteiger partial charge in [0.2, 0.25) is 0 Å². The van der Waals surface area contributed by atoms with E-state index in [9.17, 15) is 9.59 Å². The van der Waals surface area contributed by atoms with Crippen molar-refractivity contribution in [1.82, 2.24) is 0 Å². The predicted molar refractivity (Wildman–Crippen MR) is 78.4 cm³/mol. The van der Waals surface area contributed by atoms with Crippen LogP contribution < -0.4 is 11.1 Å². The number of aryl methyl sites for hydroxylation is 1. The minimum Gasteiger partial charge on any atom is -0.398 e. The summed E-state index contributed by atoms with van der Waals surface area (Å²) < 4.78 is 0. The van der Waals surface area contributed by atoms with Crippen LogP contribution in [-0.2, 0) is 0 Å². The fourth-order valence-electron chi connectivity index (χ4n) is 2.65. The summed E-state index contributed by atoms with van der Waals surface area (Å²) in [6.45, 7) is 1.83. The van der Waals surface area contributed by atoms with Gasteiger partial charge in [0.05, 0.1) is 11.1 Å². The number of anilines is 2. The molecule has 0 fully saturated rings. The molecule has 0 radical (unpaired) electrons. The number of carbonyl (C=O) groups is 2. The lowest BCUT2D eigenvalue weighted by Crippen LogP contribution is -2.24. The second-order valence-electron chi connectivity index (χ2n) is 4.86. The number of benzene rings is 2. The average molecular weight is 266 g/mol. The van der Waals surface area contributed by atoms with Gasteiger partial charge in [0, 0.05) is 29.5 Å². The van der Waals surface area contributed by atoms with Gasteiger partial charge in [-0.2, -0.15) is 0 Å². The van der Waals surface area contributed by atoms with Gasteiger partial charge in [-0.3, -0.25) is 9.59 Å². The van der Waals surface area contributed by atoms with E-state index < -0.39 is 0 Å². The molecule has 2 aromatic carbocycles. The van der Waals surface area contributed by atoms with Crippen molar-refractivity contribution in [3.05, 3.63) is 58.1 Å². The third-order valence-corrected chi connectivity index (χ3v) is 3.71. The zero-order valence-electron chi connectivity index (χ0n) is 11.3. The second-order valence-corrected chi connectivity index (χ2v) is 4.86. The lowest BCUT2D eigenvalue weighted by Gasteiger charge is -2.22. The largest absolute Gasteiger partial charge is 0.398 e. The van der Waals surface area contributed by atoms with E-state index in [1.807, 2.05) is 6.92 Å². The van der Waals surface area contributed by atoms with E-state index >= 15 is 0 Å². The Kier molecular flexibility index (Phi) is 2.61. The third kappa shape index (κ3) is 1.48. The van der Waals surface area contributed by atoms with E-state index in [4.69, 9.17) is 5.73 Å². The normalized spacial score (nSPS) is 12.9. The number of hydrogen-bond acceptors (Lipinski definition) is 4. The molecule has 20 heavy (non-hydrogen) atoms. The zero-order chi connectivity index (χ0) is 14.4. The van der Waals surface area contributed by atoms with Crippen molar-refractivity contribution < 1.29 is 9.59 Å². The topological polar surface area (TPSA) is 72.2 Å². The highest BCUT2D eigenvalue weighted by Gasteiger charge is 2.33. The molecule has 4 nitrogen and oxygen atoms in total. The molecule has 2 aromatic rings. The maximum Gasteiger partial charge on any atom is 0.196 e. The van der Waals surface area contributed by atoms with Crippen molar-refractivity contribution in [2.75, 3.05) is 18.1 Å². The molecule has 0 heterocycles. The Balaban J connectivity index is 2.41. The van der Waals surface area contributed by atoms with E-state index in [-0.39, 0.29) is 11.6 Å². The standard InChI is InChI=1S/C16H14N2O2/c1-8-7-11(18-2)12-13(14(8)17)16(20)10-6-4-3-5-9(10)15(12)19/h3-7,18H,17H2,1-2H3. The number of ketones is 2. The highest BCUT2D eigenvalue weighted by molar-refractivity contribution is 6.31. The molecule has 0 atom stereocenters. The molecular formula is C16H14N2O2. The van der Waals surface area contributed by atoms with Crippen molar-refractivity contribution in [3.63, 3.8) is 0 Å². The van der Waals surface area contributed by atoms with Gasteiger partial charge in [-0.15, -0.1) is 0 Å². The lowest BCUT2D eigenvalue weighted by molar-refractivity contribution is 0.0980. The van der Waals surface area contributed by atoms with Crippen molar-refractivity contribution in [3.8, 4) is 0 Å². The monoisotopic (exact) mass is 266 g/mol. The van der Waals surface area contributed by atoms with E-state index in [2.05, 4.69) is 5.32 Å². The first-order valence-electron chi connectivity index (χ1n) is 6.35. The molecule has 3 rings (SSSR count). The number of carbonyl (C=O) groups excluding carboxylic acids is 2. The van der Waals surface area contributed by atoms with Gasteiger partial charge in [0.25, 0.3) is 0 Å². The second kappa shape index (κ2) is 4.20. The Morgan fingerprint density at radius 3 is 2.10 bits per heavy atom. The molecule has 0 amide bonds. The van der Waals surface area contributed by atoms with Crippen LogP contribution in [0.15, 0.2) is 30.3 Å². The van der Waals surface area contributed by atoms with Crippen LogP contribution in [-0.4, -0.2) is 18.6 Å². The molecular weight excluding hydrogens is 252 g/mol. The Hall–Kier alpha value is -2.62. The van der Waals surface area contributed by atoms with Crippen LogP contribution in [0.4, 0.5) is 11.4 Å². The molecule has 100 valence electrons. The summed E-state index contributed by atoms with van der Waals surface area (Å²) in [7, 11) is 1.73. The molecule has 0 aromatic heterocycles. The first-order valence-corrected chi connectivity index (χ1v) is 6.35. The molecule has 1 aliphatic rings. The fraction of sp³-hybridized carbons (Fsp3) is 0.125. The summed E-state index contributed by atoms with van der Waals surface area (Å²) in [5.41, 5.74) is 9.39. The van der Waals surface area contributed by atoms with Crippen LogP contribution in [0, 0.1) is 6.92 Å². The van der Waals surface area contributed by atoms with Crippen LogP contribution in [0.3, 0.4) is 0 Å². The van der Waals surface area contributed by atoms with Crippen LogP contribution in [0.1, 0.15) is 37.4 Å². The fourth-order valence-corrected chi connectivity index (χ4v) is 2.65. The molecule has 0 spiro atoms. The zero-order valence-corrected chi connectivity index (χ0v) is 11.3. The maximum atomic E-state index is 12.6. The highest BCUT2D eigenvalue weighted by Crippen LogP contribution is 2.36. The van der Waals surface area contributed by atoms with E-state index in [1.165, 1.54) is 0 Å². The van der Waals surface area contributed by atoms with E-state index in [0.29, 0.717) is 33.6 Å². The summed E-state index contributed by atoms with van der Waals surface area (Å²) >= 11 is 0. The highest BCUT2D eigenvalue weighted by atomic mass is 16.1. The number of fused-ring (bicyclic) bond motifs is 2. The Labute approximate surface area is 116 Å². The average Bonchev–Trinajstić information content (AvgIpc) is 2.47. The summed E-state index contributed by atoms with van der Waals surface area (Å²) in [6.07, 6.45) is 0. The van der Waals surface area contributed by atoms with Gasteiger partial charge in [-0.05, 0) is 18.6 Å². The summed E-state index contributed by atoms with van der Waals surface area (Å²) in [5, 5.41) is 2.98. The smallest absolute Gasteiger partial charge is 0.196 e. The first-order chi connectivity index (χ1) is 9.56. The number of nitrogens with one attached hydrogen (secondary N) is 1. The van der Waals surface area contributed by atoms with Gasteiger partial charge in [-0.1, -0.05) is 24.3 Å². The van der Waals surface area contributed by atoms with Crippen molar-refractivity contribution in [2.45, 2.75) is 6.92 Å². The number of nitrogens with two attached hydrogens (primary N) is 1. The summed E-state index contributed by atoms with van der Waals surface area (Å²) in [4.78, 5) is 25.3. The number of rotatable bonds is 1. The lowest BCUT2D eigenvalue weighted by atomic mass is 9.81. The van der Waals surface area contributed by atoms with Crippen LogP contribution >= 0.6 is 0 Å². The summed E-state index contributed by atoms with van der Waals surface area (Å²) in [5.74, 6) is -0.348. The molecule has 0 bridgehead atoms. The van der Waals surface area contributed by atoms with Crippen LogP contribution in [0.2, 0.25) is 0 Å². The number of nitrogen functional groups attached to an aromatic ring is 1. The van der Waals surface area contributed by atoms with Gasteiger partial charge >= 0.3 is 0 Å². The van der Waals surface area contributed by atoms with Gasteiger partial charge in [0.15, 0.2) is 11.6 Å². The van der Waals surface area contributed by atoms with E-state index in [1.54, 1.807) is 37.4 Å². The van der Waals surface area contributed by atoms with Crippen molar-refractivity contribution >= 4 is 22.9 Å². The number of hydrogen-bond donors (Lipinski definition) is 2. The quantitative estimate of drug-likeness (QED) is 0.663. The van der Waals surface area contributed by atoms with Gasteiger partial charge in [-0.25, -0.2) is 0 Å². The molecule has 0 saturated carbocycles. The Bertz CT molecular complexity index is 763. The first kappa shape index (κ1) is 12.4. The third-order valence-electron chi connectivity index (χ3n) is 3.71. The van der Waals surface area contributed by atoms with E-state index in [0.717, 1.165) is 5.56 Å². The molecule has 0 unspecified atom stereocenters. The molecule has 0 aliphatic heterocycles. The van der Waals surface area contributed by atoms with Crippen LogP contribution in [0.25, 0.3) is 0 Å². The SMILES string of the molecule is CNc1cc(C)c(N)c2c1C(=O)c1ccccc1C2=O. The predicted octanol–water partition coefficient (Wildman–Crippen LogP) is 2.39. The van der Waals surface area contributed by atoms with Crippen molar-refractivity contribution in [2.24, 2.45) is 0 Å². The molecule has 3 N–H and O–H groups in total.